The third kappa shape index (κ3) is 1.83. The van der Waals surface area contributed by atoms with Crippen molar-refractivity contribution in [1.82, 2.24) is 15.3 Å². The second-order valence-corrected chi connectivity index (χ2v) is 4.62. The fourth-order valence-corrected chi connectivity index (χ4v) is 2.30. The third-order valence-corrected chi connectivity index (χ3v) is 3.39. The van der Waals surface area contributed by atoms with Gasteiger partial charge in [-0.3, -0.25) is 0 Å². The molecular weight excluding hydrogens is 202 g/mol. The smallest absolute Gasteiger partial charge is 0.157 e. The first kappa shape index (κ1) is 10.2. The van der Waals surface area contributed by atoms with E-state index in [1.165, 1.54) is 24.1 Å². The van der Waals surface area contributed by atoms with Crippen LogP contribution in [0.4, 0.5) is 0 Å². The van der Waals surface area contributed by atoms with E-state index in [1.807, 2.05) is 6.20 Å². The van der Waals surface area contributed by atoms with E-state index in [-0.39, 0.29) is 6.10 Å². The molecule has 1 fully saturated rings. The minimum Gasteiger partial charge on any atom is -0.373 e. The zero-order valence-corrected chi connectivity index (χ0v) is 9.57. The zero-order chi connectivity index (χ0) is 11.0. The van der Waals surface area contributed by atoms with Crippen LogP contribution in [0, 0.1) is 5.92 Å². The van der Waals surface area contributed by atoms with Crippen LogP contribution in [-0.4, -0.2) is 23.6 Å². The number of aromatic nitrogens is 2. The molecule has 0 bridgehead atoms. The van der Waals surface area contributed by atoms with E-state index in [0.29, 0.717) is 5.92 Å². The molecule has 1 saturated carbocycles. The number of rotatable bonds is 3. The number of methoxy groups -OCH3 is 1. The molecule has 0 aromatic carbocycles. The van der Waals surface area contributed by atoms with E-state index in [2.05, 4.69) is 15.3 Å². The van der Waals surface area contributed by atoms with Crippen LogP contribution in [0.15, 0.2) is 6.20 Å². The third-order valence-electron chi connectivity index (χ3n) is 3.39. The second kappa shape index (κ2) is 4.11. The Labute approximate surface area is 95.4 Å². The van der Waals surface area contributed by atoms with Gasteiger partial charge in [0, 0.05) is 44.1 Å². The van der Waals surface area contributed by atoms with Gasteiger partial charge in [-0.1, -0.05) is 0 Å². The van der Waals surface area contributed by atoms with Crippen LogP contribution in [0.2, 0.25) is 0 Å². The number of hydrogen-bond donors (Lipinski definition) is 1. The van der Waals surface area contributed by atoms with Crippen molar-refractivity contribution in [2.45, 2.75) is 31.9 Å². The molecule has 0 radical (unpaired) electrons. The number of nitrogens with one attached hydrogen (secondary N) is 1. The standard InChI is InChI=1S/C12H17N3O/c1-16-11(8-2-3-8)12-14-7-9-6-13-5-4-10(9)15-12/h7-8,11,13H,2-6H2,1H3. The van der Waals surface area contributed by atoms with Crippen LogP contribution < -0.4 is 5.32 Å². The summed E-state index contributed by atoms with van der Waals surface area (Å²) in [7, 11) is 1.76. The van der Waals surface area contributed by atoms with E-state index in [0.717, 1.165) is 25.3 Å². The average Bonchev–Trinajstić information content (AvgIpc) is 3.14. The Kier molecular flexibility index (Phi) is 2.61. The maximum atomic E-state index is 5.51. The summed E-state index contributed by atoms with van der Waals surface area (Å²) < 4.78 is 5.51. The van der Waals surface area contributed by atoms with Crippen LogP contribution in [-0.2, 0) is 17.7 Å². The van der Waals surface area contributed by atoms with Gasteiger partial charge in [0.15, 0.2) is 5.82 Å². The molecule has 0 spiro atoms. The molecule has 2 heterocycles. The molecule has 86 valence electrons. The van der Waals surface area contributed by atoms with Crippen LogP contribution in [0.1, 0.15) is 36.0 Å². The Hall–Kier alpha value is -1.00. The van der Waals surface area contributed by atoms with Gasteiger partial charge >= 0.3 is 0 Å². The van der Waals surface area contributed by atoms with Crippen LogP contribution in [0.25, 0.3) is 0 Å². The van der Waals surface area contributed by atoms with Gasteiger partial charge in [-0.15, -0.1) is 0 Å². The maximum absolute atomic E-state index is 5.51. The quantitative estimate of drug-likeness (QED) is 0.830. The number of hydrogen-bond acceptors (Lipinski definition) is 4. The van der Waals surface area contributed by atoms with Crippen molar-refractivity contribution in [3.8, 4) is 0 Å². The fraction of sp³-hybridized carbons (Fsp3) is 0.667. The molecule has 16 heavy (non-hydrogen) atoms. The van der Waals surface area contributed by atoms with Crippen LogP contribution >= 0.6 is 0 Å². The first-order valence-corrected chi connectivity index (χ1v) is 5.96. The summed E-state index contributed by atoms with van der Waals surface area (Å²) in [4.78, 5) is 9.12. The van der Waals surface area contributed by atoms with Crippen molar-refractivity contribution in [2.75, 3.05) is 13.7 Å². The lowest BCUT2D eigenvalue weighted by Crippen LogP contribution is -2.26. The molecule has 4 heteroatoms. The van der Waals surface area contributed by atoms with Gasteiger partial charge in [-0.2, -0.15) is 0 Å². The van der Waals surface area contributed by atoms with E-state index < -0.39 is 0 Å². The highest BCUT2D eigenvalue weighted by Gasteiger charge is 2.34. The normalized spacial score (nSPS) is 21.6. The Morgan fingerprint density at radius 2 is 2.38 bits per heavy atom. The summed E-state index contributed by atoms with van der Waals surface area (Å²) in [6, 6.07) is 0. The predicted octanol–water partition coefficient (Wildman–Crippen LogP) is 1.22. The van der Waals surface area contributed by atoms with Gasteiger partial charge in [0.05, 0.1) is 0 Å². The molecule has 1 N–H and O–H groups in total. The van der Waals surface area contributed by atoms with Gasteiger partial charge < -0.3 is 10.1 Å². The molecule has 4 nitrogen and oxygen atoms in total. The second-order valence-electron chi connectivity index (χ2n) is 4.62. The fourth-order valence-electron chi connectivity index (χ4n) is 2.30. The summed E-state index contributed by atoms with van der Waals surface area (Å²) >= 11 is 0. The van der Waals surface area contributed by atoms with Gasteiger partial charge in [0.1, 0.15) is 6.10 Å². The highest BCUT2D eigenvalue weighted by Crippen LogP contribution is 2.41. The van der Waals surface area contributed by atoms with Crippen molar-refractivity contribution >= 4 is 0 Å². The summed E-state index contributed by atoms with van der Waals surface area (Å²) in [5.74, 6) is 1.52. The van der Waals surface area contributed by atoms with Gasteiger partial charge in [0.25, 0.3) is 0 Å². The summed E-state index contributed by atoms with van der Waals surface area (Å²) in [5, 5.41) is 3.33. The SMILES string of the molecule is COC(c1ncc2c(n1)CCNC2)C1CC1. The van der Waals surface area contributed by atoms with Crippen molar-refractivity contribution in [3.63, 3.8) is 0 Å². The first-order chi connectivity index (χ1) is 7.88. The van der Waals surface area contributed by atoms with Crippen LogP contribution in [0.3, 0.4) is 0 Å². The number of ether oxygens (including phenoxy) is 1. The summed E-state index contributed by atoms with van der Waals surface area (Å²) in [5.41, 5.74) is 2.44. The van der Waals surface area contributed by atoms with Crippen molar-refractivity contribution in [3.05, 3.63) is 23.3 Å². The van der Waals surface area contributed by atoms with Crippen molar-refractivity contribution in [1.29, 1.82) is 0 Å². The summed E-state index contributed by atoms with van der Waals surface area (Å²) in [6.45, 7) is 1.92. The molecule has 0 saturated heterocycles. The Morgan fingerprint density at radius 3 is 3.12 bits per heavy atom. The molecule has 1 aromatic heterocycles. The molecule has 0 amide bonds. The van der Waals surface area contributed by atoms with E-state index in [4.69, 9.17) is 4.74 Å². The molecule has 2 aliphatic rings. The lowest BCUT2D eigenvalue weighted by Gasteiger charge is -2.19. The molecule has 1 unspecified atom stereocenters. The van der Waals surface area contributed by atoms with E-state index >= 15 is 0 Å². The molecule has 1 atom stereocenters. The molecule has 1 aromatic rings. The Balaban J connectivity index is 1.89. The number of fused-ring (bicyclic) bond motifs is 1. The van der Waals surface area contributed by atoms with E-state index in [9.17, 15) is 0 Å². The molecule has 3 rings (SSSR count). The van der Waals surface area contributed by atoms with Gasteiger partial charge in [-0.25, -0.2) is 9.97 Å². The average molecular weight is 219 g/mol. The minimum absolute atomic E-state index is 0.111. The molecule has 1 aliphatic carbocycles. The lowest BCUT2D eigenvalue weighted by molar-refractivity contribution is 0.0769. The number of nitrogens with zero attached hydrogens (tertiary/aromatic N) is 2. The van der Waals surface area contributed by atoms with Gasteiger partial charge in [-0.05, 0) is 18.8 Å². The molecule has 1 aliphatic heterocycles. The highest BCUT2D eigenvalue weighted by molar-refractivity contribution is 5.21. The van der Waals surface area contributed by atoms with Crippen molar-refractivity contribution in [2.24, 2.45) is 5.92 Å². The largest absolute Gasteiger partial charge is 0.373 e. The monoisotopic (exact) mass is 219 g/mol. The zero-order valence-electron chi connectivity index (χ0n) is 9.57. The van der Waals surface area contributed by atoms with Gasteiger partial charge in [0.2, 0.25) is 0 Å². The lowest BCUT2D eigenvalue weighted by atomic mass is 10.1. The Morgan fingerprint density at radius 1 is 1.50 bits per heavy atom. The highest BCUT2D eigenvalue weighted by atomic mass is 16.5. The maximum Gasteiger partial charge on any atom is 0.157 e. The minimum atomic E-state index is 0.111. The van der Waals surface area contributed by atoms with Crippen molar-refractivity contribution < 1.29 is 4.74 Å². The first-order valence-electron chi connectivity index (χ1n) is 5.96. The summed E-state index contributed by atoms with van der Waals surface area (Å²) in [6.07, 6.45) is 5.57. The topological polar surface area (TPSA) is 47.0 Å². The van der Waals surface area contributed by atoms with E-state index in [1.54, 1.807) is 7.11 Å². The molecular formula is C12H17N3O. The Bertz CT molecular complexity index is 390. The predicted molar refractivity (Wildman–Crippen MR) is 59.9 cm³/mol. The van der Waals surface area contributed by atoms with Crippen LogP contribution in [0.5, 0.6) is 0 Å².